The van der Waals surface area contributed by atoms with Crippen molar-refractivity contribution in [3.8, 4) is 11.4 Å². The van der Waals surface area contributed by atoms with Crippen molar-refractivity contribution in [2.24, 2.45) is 0 Å². The molecule has 1 aromatic heterocycles. The van der Waals surface area contributed by atoms with Gasteiger partial charge in [0.1, 0.15) is 10.4 Å². The second kappa shape index (κ2) is 4.16. The molecule has 1 aromatic carbocycles. The minimum absolute atomic E-state index is 0.0422. The molecule has 2 rings (SSSR count). The Kier molecular flexibility index (Phi) is 2.88. The standard InChI is InChI=1S/C11H11BrN2O/c1-7-2-4-8(5-3-7)11-13-9(6-15)10(12)14-11/h2-5,15H,6H2,1H3,(H,13,14). The highest BCUT2D eigenvalue weighted by Gasteiger charge is 2.07. The third kappa shape index (κ3) is 2.11. The Balaban J connectivity index is 2.41. The molecule has 0 radical (unpaired) electrons. The fourth-order valence-electron chi connectivity index (χ4n) is 1.34. The summed E-state index contributed by atoms with van der Waals surface area (Å²) < 4.78 is 0.667. The van der Waals surface area contributed by atoms with Crippen LogP contribution in [0.1, 0.15) is 11.3 Å². The minimum atomic E-state index is -0.0422. The lowest BCUT2D eigenvalue weighted by Gasteiger charge is -1.96. The summed E-state index contributed by atoms with van der Waals surface area (Å²) in [6.45, 7) is 2.00. The Morgan fingerprint density at radius 3 is 2.53 bits per heavy atom. The van der Waals surface area contributed by atoms with Crippen LogP contribution in [-0.4, -0.2) is 15.1 Å². The molecule has 0 saturated carbocycles. The van der Waals surface area contributed by atoms with Gasteiger partial charge in [-0.15, -0.1) is 0 Å². The lowest BCUT2D eigenvalue weighted by molar-refractivity contribution is 0.276. The fourth-order valence-corrected chi connectivity index (χ4v) is 1.74. The summed E-state index contributed by atoms with van der Waals surface area (Å²) >= 11 is 3.29. The molecule has 0 aliphatic heterocycles. The summed E-state index contributed by atoms with van der Waals surface area (Å²) in [7, 11) is 0. The predicted molar refractivity (Wildman–Crippen MR) is 62.4 cm³/mol. The van der Waals surface area contributed by atoms with Gasteiger partial charge in [0.25, 0.3) is 0 Å². The van der Waals surface area contributed by atoms with E-state index >= 15 is 0 Å². The van der Waals surface area contributed by atoms with Gasteiger partial charge in [-0.2, -0.15) is 0 Å². The number of nitrogens with zero attached hydrogens (tertiary/aromatic N) is 1. The predicted octanol–water partition coefficient (Wildman–Crippen LogP) is 2.64. The number of hydrogen-bond donors (Lipinski definition) is 2. The minimum Gasteiger partial charge on any atom is -0.390 e. The van der Waals surface area contributed by atoms with Crippen molar-refractivity contribution in [3.63, 3.8) is 0 Å². The highest BCUT2D eigenvalue weighted by Crippen LogP contribution is 2.21. The summed E-state index contributed by atoms with van der Waals surface area (Å²) in [5, 5.41) is 9.02. The number of halogens is 1. The first-order chi connectivity index (χ1) is 7.20. The highest BCUT2D eigenvalue weighted by molar-refractivity contribution is 9.10. The molecule has 15 heavy (non-hydrogen) atoms. The Morgan fingerprint density at radius 1 is 1.33 bits per heavy atom. The second-order valence-corrected chi connectivity index (χ2v) is 4.13. The van der Waals surface area contributed by atoms with Gasteiger partial charge in [0.05, 0.1) is 12.3 Å². The van der Waals surface area contributed by atoms with E-state index in [1.807, 2.05) is 31.2 Å². The molecule has 0 saturated heterocycles. The number of aromatic amines is 1. The smallest absolute Gasteiger partial charge is 0.138 e. The summed E-state index contributed by atoms with van der Waals surface area (Å²) in [4.78, 5) is 7.34. The lowest BCUT2D eigenvalue weighted by atomic mass is 10.1. The van der Waals surface area contributed by atoms with Crippen LogP contribution in [0, 0.1) is 6.92 Å². The van der Waals surface area contributed by atoms with E-state index in [9.17, 15) is 0 Å². The van der Waals surface area contributed by atoms with E-state index in [-0.39, 0.29) is 6.61 Å². The molecule has 3 nitrogen and oxygen atoms in total. The molecule has 2 N–H and O–H groups in total. The number of aryl methyl sites for hydroxylation is 1. The first kappa shape index (κ1) is 10.4. The molecule has 78 valence electrons. The second-order valence-electron chi connectivity index (χ2n) is 3.38. The van der Waals surface area contributed by atoms with Crippen molar-refractivity contribution >= 4 is 15.9 Å². The van der Waals surface area contributed by atoms with E-state index < -0.39 is 0 Å². The van der Waals surface area contributed by atoms with Gasteiger partial charge in [0.2, 0.25) is 0 Å². The number of hydrogen-bond acceptors (Lipinski definition) is 2. The third-order valence-electron chi connectivity index (χ3n) is 2.21. The van der Waals surface area contributed by atoms with Crippen LogP contribution in [0.4, 0.5) is 0 Å². The van der Waals surface area contributed by atoms with Crippen LogP contribution >= 0.6 is 15.9 Å². The van der Waals surface area contributed by atoms with Crippen molar-refractivity contribution < 1.29 is 5.11 Å². The largest absolute Gasteiger partial charge is 0.390 e. The molecule has 1 heterocycles. The van der Waals surface area contributed by atoms with E-state index in [1.165, 1.54) is 5.56 Å². The zero-order valence-corrected chi connectivity index (χ0v) is 9.87. The Morgan fingerprint density at radius 2 is 2.00 bits per heavy atom. The number of rotatable bonds is 2. The SMILES string of the molecule is Cc1ccc(-c2nc(Br)c(CO)[nH]2)cc1. The number of aromatic nitrogens is 2. The van der Waals surface area contributed by atoms with Gasteiger partial charge >= 0.3 is 0 Å². The molecule has 0 spiro atoms. The number of benzene rings is 1. The van der Waals surface area contributed by atoms with E-state index in [2.05, 4.69) is 25.9 Å². The van der Waals surface area contributed by atoms with Gasteiger partial charge < -0.3 is 10.1 Å². The zero-order chi connectivity index (χ0) is 10.8. The number of aliphatic hydroxyl groups excluding tert-OH is 1. The van der Waals surface area contributed by atoms with Gasteiger partial charge in [-0.1, -0.05) is 29.8 Å². The lowest BCUT2D eigenvalue weighted by Crippen LogP contribution is -1.84. The molecule has 0 fully saturated rings. The van der Waals surface area contributed by atoms with E-state index in [4.69, 9.17) is 5.11 Å². The van der Waals surface area contributed by atoms with Crippen molar-refractivity contribution in [2.75, 3.05) is 0 Å². The topological polar surface area (TPSA) is 48.9 Å². The molecular formula is C11H11BrN2O. The Labute approximate surface area is 96.3 Å². The monoisotopic (exact) mass is 266 g/mol. The van der Waals surface area contributed by atoms with Crippen molar-refractivity contribution in [1.29, 1.82) is 0 Å². The molecule has 0 bridgehead atoms. The summed E-state index contributed by atoms with van der Waals surface area (Å²) in [6, 6.07) is 8.07. The first-order valence-corrected chi connectivity index (χ1v) is 5.42. The van der Waals surface area contributed by atoms with E-state index in [0.717, 1.165) is 11.4 Å². The van der Waals surface area contributed by atoms with Gasteiger partial charge in [0, 0.05) is 5.56 Å². The molecule has 0 atom stereocenters. The molecule has 0 amide bonds. The molecular weight excluding hydrogens is 256 g/mol. The highest BCUT2D eigenvalue weighted by atomic mass is 79.9. The molecule has 0 aliphatic rings. The third-order valence-corrected chi connectivity index (χ3v) is 2.87. The van der Waals surface area contributed by atoms with Crippen LogP contribution in [0.3, 0.4) is 0 Å². The summed E-state index contributed by atoms with van der Waals surface area (Å²) in [5.41, 5.74) is 2.93. The fraction of sp³-hybridized carbons (Fsp3) is 0.182. The number of nitrogens with one attached hydrogen (secondary N) is 1. The summed E-state index contributed by atoms with van der Waals surface area (Å²) in [6.07, 6.45) is 0. The maximum Gasteiger partial charge on any atom is 0.138 e. The van der Waals surface area contributed by atoms with Gasteiger partial charge in [-0.25, -0.2) is 4.98 Å². The van der Waals surface area contributed by atoms with E-state index in [1.54, 1.807) is 0 Å². The number of imidazole rings is 1. The van der Waals surface area contributed by atoms with Crippen LogP contribution in [0.15, 0.2) is 28.9 Å². The van der Waals surface area contributed by atoms with Gasteiger partial charge in [-0.3, -0.25) is 0 Å². The van der Waals surface area contributed by atoms with Gasteiger partial charge in [0.15, 0.2) is 0 Å². The van der Waals surface area contributed by atoms with Crippen LogP contribution in [-0.2, 0) is 6.61 Å². The normalized spacial score (nSPS) is 10.6. The Bertz CT molecular complexity index is 462. The molecule has 0 aliphatic carbocycles. The first-order valence-electron chi connectivity index (χ1n) is 4.63. The molecule has 4 heteroatoms. The molecule has 0 unspecified atom stereocenters. The van der Waals surface area contributed by atoms with Crippen LogP contribution in [0.2, 0.25) is 0 Å². The number of H-pyrrole nitrogens is 1. The quantitative estimate of drug-likeness (QED) is 0.878. The van der Waals surface area contributed by atoms with Crippen molar-refractivity contribution in [1.82, 2.24) is 9.97 Å². The summed E-state index contributed by atoms with van der Waals surface area (Å²) in [5.74, 6) is 0.769. The maximum absolute atomic E-state index is 9.02. The zero-order valence-electron chi connectivity index (χ0n) is 8.29. The molecule has 2 aromatic rings. The van der Waals surface area contributed by atoms with Crippen LogP contribution in [0.25, 0.3) is 11.4 Å². The number of aliphatic hydroxyl groups is 1. The van der Waals surface area contributed by atoms with Crippen molar-refractivity contribution in [2.45, 2.75) is 13.5 Å². The average Bonchev–Trinajstić information content (AvgIpc) is 2.61. The van der Waals surface area contributed by atoms with Gasteiger partial charge in [-0.05, 0) is 22.9 Å². The Hall–Kier alpha value is -1.13. The van der Waals surface area contributed by atoms with Crippen molar-refractivity contribution in [3.05, 3.63) is 40.1 Å². The van der Waals surface area contributed by atoms with Crippen LogP contribution in [0.5, 0.6) is 0 Å². The maximum atomic E-state index is 9.02. The van der Waals surface area contributed by atoms with Crippen LogP contribution < -0.4 is 0 Å². The van der Waals surface area contributed by atoms with E-state index in [0.29, 0.717) is 10.3 Å². The average molecular weight is 267 g/mol.